The third kappa shape index (κ3) is 6.75. The monoisotopic (exact) mass is 450 g/mol. The largest absolute Gasteiger partial charge is 0.416 e. The highest BCUT2D eigenvalue weighted by Crippen LogP contribution is 2.32. The Morgan fingerprint density at radius 1 is 0.968 bits per heavy atom. The van der Waals surface area contributed by atoms with Gasteiger partial charge in [0, 0.05) is 22.2 Å². The molecule has 0 spiro atoms. The normalized spacial score (nSPS) is 15.9. The molecule has 0 saturated heterocycles. The van der Waals surface area contributed by atoms with Gasteiger partial charge in [0.05, 0.1) is 10.8 Å². The van der Waals surface area contributed by atoms with Crippen molar-refractivity contribution < 1.29 is 22.8 Å². The van der Waals surface area contributed by atoms with E-state index in [1.165, 1.54) is 30.3 Å². The van der Waals surface area contributed by atoms with Gasteiger partial charge in [-0.15, -0.1) is 11.8 Å². The van der Waals surface area contributed by atoms with Crippen LogP contribution in [-0.4, -0.2) is 17.1 Å². The number of nitrogens with one attached hydrogen (secondary N) is 2. The fraction of sp³-hybridized carbons (Fsp3) is 0.391. The summed E-state index contributed by atoms with van der Waals surface area (Å²) in [6.45, 7) is 1.68. The molecule has 8 heteroatoms. The van der Waals surface area contributed by atoms with Crippen molar-refractivity contribution in [2.45, 2.75) is 55.3 Å². The second-order valence-corrected chi connectivity index (χ2v) is 9.09. The average Bonchev–Trinajstić information content (AvgIpc) is 2.74. The van der Waals surface area contributed by atoms with Crippen LogP contribution < -0.4 is 10.6 Å². The first-order valence-corrected chi connectivity index (χ1v) is 11.2. The standard InChI is InChI=1S/C23H25F3N2O2S/c1-15(21(29)27-18-10-5-9-17(13-18)23(24,25)26)31-20-12-6-11-19(14-20)28-22(30)16-7-3-2-4-8-16/h5-6,9-16H,2-4,7-8H2,1H3,(H,27,29)(H,28,30). The van der Waals surface area contributed by atoms with Gasteiger partial charge in [0.1, 0.15) is 0 Å². The molecule has 1 saturated carbocycles. The van der Waals surface area contributed by atoms with Crippen molar-refractivity contribution in [2.24, 2.45) is 5.92 Å². The lowest BCUT2D eigenvalue weighted by Gasteiger charge is -2.21. The number of thioether (sulfide) groups is 1. The van der Waals surface area contributed by atoms with Crippen molar-refractivity contribution in [3.63, 3.8) is 0 Å². The van der Waals surface area contributed by atoms with E-state index in [4.69, 9.17) is 0 Å². The highest BCUT2D eigenvalue weighted by Gasteiger charge is 2.30. The Labute approximate surface area is 184 Å². The first-order chi connectivity index (χ1) is 14.7. The summed E-state index contributed by atoms with van der Waals surface area (Å²) in [5.74, 6) is -0.333. The number of carbonyl (C=O) groups is 2. The molecule has 4 nitrogen and oxygen atoms in total. The zero-order valence-corrected chi connectivity index (χ0v) is 18.0. The number of anilines is 2. The summed E-state index contributed by atoms with van der Waals surface area (Å²) in [6, 6.07) is 11.8. The summed E-state index contributed by atoms with van der Waals surface area (Å²) in [6.07, 6.45) is 0.680. The molecule has 0 bridgehead atoms. The molecular formula is C23H25F3N2O2S. The van der Waals surface area contributed by atoms with E-state index >= 15 is 0 Å². The number of benzene rings is 2. The van der Waals surface area contributed by atoms with Gasteiger partial charge < -0.3 is 10.6 Å². The minimum absolute atomic E-state index is 0.0252. The van der Waals surface area contributed by atoms with Gasteiger partial charge >= 0.3 is 6.18 Å². The lowest BCUT2D eigenvalue weighted by atomic mass is 9.88. The maximum atomic E-state index is 12.9. The number of amides is 2. The maximum Gasteiger partial charge on any atom is 0.416 e. The van der Waals surface area contributed by atoms with Gasteiger partial charge in [0.25, 0.3) is 0 Å². The van der Waals surface area contributed by atoms with E-state index in [1.54, 1.807) is 25.1 Å². The van der Waals surface area contributed by atoms with E-state index in [9.17, 15) is 22.8 Å². The highest BCUT2D eigenvalue weighted by atomic mass is 32.2. The summed E-state index contributed by atoms with van der Waals surface area (Å²) in [4.78, 5) is 25.7. The average molecular weight is 451 g/mol. The van der Waals surface area contributed by atoms with Crippen LogP contribution in [0.25, 0.3) is 0 Å². The Morgan fingerprint density at radius 2 is 1.61 bits per heavy atom. The van der Waals surface area contributed by atoms with Crippen LogP contribution in [0.5, 0.6) is 0 Å². The molecule has 1 aliphatic carbocycles. The predicted octanol–water partition coefficient (Wildman–Crippen LogP) is 6.34. The number of hydrogen-bond donors (Lipinski definition) is 2. The molecule has 1 atom stereocenters. The van der Waals surface area contributed by atoms with E-state index in [2.05, 4.69) is 10.6 Å². The summed E-state index contributed by atoms with van der Waals surface area (Å²) in [5, 5.41) is 4.95. The van der Waals surface area contributed by atoms with Crippen molar-refractivity contribution in [2.75, 3.05) is 10.6 Å². The Hall–Kier alpha value is -2.48. The SMILES string of the molecule is CC(Sc1cccc(NC(=O)C2CCCCC2)c1)C(=O)Nc1cccc(C(F)(F)F)c1. The van der Waals surface area contributed by atoms with E-state index < -0.39 is 22.9 Å². The summed E-state index contributed by atoms with van der Waals surface area (Å²) in [5.41, 5.74) is -0.0427. The van der Waals surface area contributed by atoms with Gasteiger partial charge in [-0.05, 0) is 56.2 Å². The molecule has 1 fully saturated rings. The third-order valence-corrected chi connectivity index (χ3v) is 6.31. The number of hydrogen-bond acceptors (Lipinski definition) is 3. The van der Waals surface area contributed by atoms with Crippen LogP contribution in [0, 0.1) is 5.92 Å². The predicted molar refractivity (Wildman–Crippen MR) is 117 cm³/mol. The highest BCUT2D eigenvalue weighted by molar-refractivity contribution is 8.00. The Bertz CT molecular complexity index is 927. The minimum Gasteiger partial charge on any atom is -0.326 e. The molecule has 1 unspecified atom stereocenters. The third-order valence-electron chi connectivity index (χ3n) is 5.22. The Morgan fingerprint density at radius 3 is 2.29 bits per heavy atom. The molecule has 0 heterocycles. The molecule has 1 aliphatic rings. The van der Waals surface area contributed by atoms with Crippen LogP contribution in [0.1, 0.15) is 44.6 Å². The zero-order chi connectivity index (χ0) is 22.4. The topological polar surface area (TPSA) is 58.2 Å². The molecule has 2 amide bonds. The summed E-state index contributed by atoms with van der Waals surface area (Å²) < 4.78 is 38.6. The second-order valence-electron chi connectivity index (χ2n) is 7.68. The van der Waals surface area contributed by atoms with Crippen LogP contribution in [0.4, 0.5) is 24.5 Å². The van der Waals surface area contributed by atoms with Gasteiger partial charge in [0.2, 0.25) is 11.8 Å². The van der Waals surface area contributed by atoms with Gasteiger partial charge in [0.15, 0.2) is 0 Å². The molecule has 0 radical (unpaired) electrons. The van der Waals surface area contributed by atoms with Crippen molar-refractivity contribution >= 4 is 35.0 Å². The number of rotatable bonds is 6. The first-order valence-electron chi connectivity index (χ1n) is 10.3. The summed E-state index contributed by atoms with van der Waals surface area (Å²) in [7, 11) is 0. The number of alkyl halides is 3. The van der Waals surface area contributed by atoms with Crippen molar-refractivity contribution in [1.82, 2.24) is 0 Å². The fourth-order valence-corrected chi connectivity index (χ4v) is 4.46. The molecule has 166 valence electrons. The molecule has 2 aromatic rings. The summed E-state index contributed by atoms with van der Waals surface area (Å²) >= 11 is 1.27. The van der Waals surface area contributed by atoms with Gasteiger partial charge in [-0.2, -0.15) is 13.2 Å². The Kier molecular flexibility index (Phi) is 7.64. The molecule has 2 aromatic carbocycles. The van der Waals surface area contributed by atoms with E-state index in [0.29, 0.717) is 5.69 Å². The number of halogens is 3. The lowest BCUT2D eigenvalue weighted by Crippen LogP contribution is -2.24. The molecule has 3 rings (SSSR count). The second kappa shape index (κ2) is 10.2. The van der Waals surface area contributed by atoms with E-state index in [1.807, 2.05) is 6.07 Å². The molecular weight excluding hydrogens is 425 g/mol. The Balaban J connectivity index is 1.58. The quantitative estimate of drug-likeness (QED) is 0.505. The van der Waals surface area contributed by atoms with Crippen LogP contribution in [0.3, 0.4) is 0 Å². The van der Waals surface area contributed by atoms with Gasteiger partial charge in [-0.1, -0.05) is 31.4 Å². The number of carbonyl (C=O) groups excluding carboxylic acids is 2. The minimum atomic E-state index is -4.47. The molecule has 0 aromatic heterocycles. The van der Waals surface area contributed by atoms with Crippen LogP contribution >= 0.6 is 11.8 Å². The first kappa shape index (κ1) is 23.2. The van der Waals surface area contributed by atoms with E-state index in [0.717, 1.165) is 42.7 Å². The smallest absolute Gasteiger partial charge is 0.326 e. The van der Waals surface area contributed by atoms with E-state index in [-0.39, 0.29) is 17.5 Å². The van der Waals surface area contributed by atoms with Crippen molar-refractivity contribution in [3.05, 3.63) is 54.1 Å². The molecule has 0 aliphatic heterocycles. The van der Waals surface area contributed by atoms with Crippen LogP contribution in [0.2, 0.25) is 0 Å². The van der Waals surface area contributed by atoms with Crippen LogP contribution in [-0.2, 0) is 15.8 Å². The van der Waals surface area contributed by atoms with Crippen LogP contribution in [0.15, 0.2) is 53.4 Å². The van der Waals surface area contributed by atoms with Crippen molar-refractivity contribution in [1.29, 1.82) is 0 Å². The van der Waals surface area contributed by atoms with Gasteiger partial charge in [-0.3, -0.25) is 9.59 Å². The zero-order valence-electron chi connectivity index (χ0n) is 17.2. The maximum absolute atomic E-state index is 12.9. The fourth-order valence-electron chi connectivity index (χ4n) is 3.53. The van der Waals surface area contributed by atoms with Crippen molar-refractivity contribution in [3.8, 4) is 0 Å². The molecule has 31 heavy (non-hydrogen) atoms. The molecule has 2 N–H and O–H groups in total. The lowest BCUT2D eigenvalue weighted by molar-refractivity contribution is -0.137. The van der Waals surface area contributed by atoms with Gasteiger partial charge in [-0.25, -0.2) is 0 Å².